The van der Waals surface area contributed by atoms with Gasteiger partial charge in [-0.05, 0) is 37.8 Å². The summed E-state index contributed by atoms with van der Waals surface area (Å²) in [6, 6.07) is 13.8. The molecular formula is C23H27N7O2. The Hall–Kier alpha value is -3.49. The van der Waals surface area contributed by atoms with Crippen LogP contribution in [0, 0.1) is 11.8 Å². The molecule has 32 heavy (non-hydrogen) atoms. The van der Waals surface area contributed by atoms with Gasteiger partial charge in [0.25, 0.3) is 0 Å². The van der Waals surface area contributed by atoms with E-state index in [0.29, 0.717) is 37.4 Å². The van der Waals surface area contributed by atoms with Crippen molar-refractivity contribution in [3.8, 4) is 11.4 Å². The lowest BCUT2D eigenvalue weighted by atomic mass is 9.92. The molecule has 2 aromatic heterocycles. The van der Waals surface area contributed by atoms with Crippen molar-refractivity contribution in [3.05, 3.63) is 42.5 Å². The van der Waals surface area contributed by atoms with E-state index in [2.05, 4.69) is 15.1 Å². The quantitative estimate of drug-likeness (QED) is 0.671. The first-order valence-electron chi connectivity index (χ1n) is 11.2. The molecule has 0 aliphatic carbocycles. The molecule has 2 aliphatic rings. The van der Waals surface area contributed by atoms with Gasteiger partial charge < -0.3 is 15.5 Å². The summed E-state index contributed by atoms with van der Waals surface area (Å²) in [7, 11) is 0. The Balaban J connectivity index is 1.24. The van der Waals surface area contributed by atoms with Crippen molar-refractivity contribution >= 4 is 23.3 Å². The summed E-state index contributed by atoms with van der Waals surface area (Å²) in [4.78, 5) is 28.5. The summed E-state index contributed by atoms with van der Waals surface area (Å²) in [5, 5.41) is 13.3. The molecule has 0 unspecified atom stereocenters. The molecule has 2 fully saturated rings. The van der Waals surface area contributed by atoms with Crippen LogP contribution in [0.25, 0.3) is 17.0 Å². The fraction of sp³-hybridized carbons (Fsp3) is 0.435. The third-order valence-electron chi connectivity index (χ3n) is 6.66. The maximum atomic E-state index is 13.0. The molecular weight excluding hydrogens is 406 g/mol. The van der Waals surface area contributed by atoms with Crippen LogP contribution in [0.5, 0.6) is 0 Å². The number of nitrogens with two attached hydrogens (primary N) is 1. The Morgan fingerprint density at radius 1 is 0.844 bits per heavy atom. The van der Waals surface area contributed by atoms with Gasteiger partial charge in [0.1, 0.15) is 5.82 Å². The number of aromatic nitrogens is 4. The average molecular weight is 434 g/mol. The molecule has 2 saturated heterocycles. The molecule has 2 aliphatic heterocycles. The van der Waals surface area contributed by atoms with E-state index in [1.165, 1.54) is 0 Å². The molecule has 1 aromatic carbocycles. The van der Waals surface area contributed by atoms with Gasteiger partial charge in [-0.1, -0.05) is 30.3 Å². The smallest absolute Gasteiger partial charge is 0.225 e. The molecule has 166 valence electrons. The lowest BCUT2D eigenvalue weighted by Gasteiger charge is -2.37. The zero-order chi connectivity index (χ0) is 22.1. The summed E-state index contributed by atoms with van der Waals surface area (Å²) in [6.07, 6.45) is 2.93. The van der Waals surface area contributed by atoms with Gasteiger partial charge in [0.05, 0.1) is 0 Å². The van der Waals surface area contributed by atoms with Crippen LogP contribution in [0.15, 0.2) is 42.5 Å². The van der Waals surface area contributed by atoms with E-state index in [9.17, 15) is 9.59 Å². The van der Waals surface area contributed by atoms with Gasteiger partial charge in [-0.2, -0.15) is 4.52 Å². The third kappa shape index (κ3) is 3.90. The first kappa shape index (κ1) is 20.4. The summed E-state index contributed by atoms with van der Waals surface area (Å²) >= 11 is 0. The van der Waals surface area contributed by atoms with Crippen LogP contribution >= 0.6 is 0 Å². The van der Waals surface area contributed by atoms with Crippen molar-refractivity contribution in [2.45, 2.75) is 25.7 Å². The van der Waals surface area contributed by atoms with Crippen molar-refractivity contribution in [2.24, 2.45) is 17.6 Å². The number of fused-ring (bicyclic) bond motifs is 1. The van der Waals surface area contributed by atoms with Crippen molar-refractivity contribution in [1.29, 1.82) is 0 Å². The summed E-state index contributed by atoms with van der Waals surface area (Å²) in [5.41, 5.74) is 7.08. The van der Waals surface area contributed by atoms with Gasteiger partial charge in [0.15, 0.2) is 11.5 Å². The highest BCUT2D eigenvalue weighted by atomic mass is 16.2. The van der Waals surface area contributed by atoms with Crippen LogP contribution in [0.1, 0.15) is 25.7 Å². The first-order chi connectivity index (χ1) is 15.6. The predicted molar refractivity (Wildman–Crippen MR) is 120 cm³/mol. The number of likely N-dealkylation sites (tertiary alicyclic amines) is 1. The molecule has 0 atom stereocenters. The Labute approximate surface area is 186 Å². The van der Waals surface area contributed by atoms with Gasteiger partial charge in [0.2, 0.25) is 11.8 Å². The Kier molecular flexibility index (Phi) is 5.46. The number of hydrogen-bond acceptors (Lipinski definition) is 6. The number of carbonyl (C=O) groups is 2. The third-order valence-corrected chi connectivity index (χ3v) is 6.66. The molecule has 2 amide bonds. The Bertz CT molecular complexity index is 1110. The van der Waals surface area contributed by atoms with Gasteiger partial charge in [-0.3, -0.25) is 9.59 Å². The van der Waals surface area contributed by atoms with Gasteiger partial charge in [0, 0.05) is 43.6 Å². The number of anilines is 1. The number of primary amides is 1. The monoisotopic (exact) mass is 433 g/mol. The van der Waals surface area contributed by atoms with Crippen molar-refractivity contribution in [3.63, 3.8) is 0 Å². The van der Waals surface area contributed by atoms with Crippen LogP contribution < -0.4 is 10.6 Å². The van der Waals surface area contributed by atoms with Crippen LogP contribution in [-0.2, 0) is 9.59 Å². The number of benzene rings is 1. The lowest BCUT2D eigenvalue weighted by Crippen LogP contribution is -2.47. The second-order valence-corrected chi connectivity index (χ2v) is 8.61. The van der Waals surface area contributed by atoms with Crippen molar-refractivity contribution in [2.75, 3.05) is 31.1 Å². The predicted octanol–water partition coefficient (Wildman–Crippen LogP) is 1.73. The summed E-state index contributed by atoms with van der Waals surface area (Å²) in [5.74, 6) is 1.46. The molecule has 0 radical (unpaired) electrons. The first-order valence-corrected chi connectivity index (χ1v) is 11.2. The molecule has 9 heteroatoms. The minimum absolute atomic E-state index is 0.0231. The van der Waals surface area contributed by atoms with Gasteiger partial charge in [-0.25, -0.2) is 0 Å². The Morgan fingerprint density at radius 3 is 2.22 bits per heavy atom. The normalized spacial score (nSPS) is 18.2. The zero-order valence-electron chi connectivity index (χ0n) is 17.9. The lowest BCUT2D eigenvalue weighted by molar-refractivity contribution is -0.139. The standard InChI is InChI=1S/C23H27N7O2/c24-21(31)16-8-14-29(15-9-16)23(32)18-10-12-28(13-11-18)20-7-6-19-25-26-22(30(19)27-20)17-4-2-1-3-5-17/h1-7,16,18H,8-15H2,(H2,24,31). The zero-order valence-corrected chi connectivity index (χ0v) is 17.9. The second kappa shape index (κ2) is 8.57. The van der Waals surface area contributed by atoms with Crippen LogP contribution in [0.3, 0.4) is 0 Å². The van der Waals surface area contributed by atoms with Crippen molar-refractivity contribution in [1.82, 2.24) is 24.7 Å². The largest absolute Gasteiger partial charge is 0.369 e. The fourth-order valence-electron chi connectivity index (χ4n) is 4.71. The highest BCUT2D eigenvalue weighted by Crippen LogP contribution is 2.26. The van der Waals surface area contributed by atoms with E-state index in [4.69, 9.17) is 10.8 Å². The Morgan fingerprint density at radius 2 is 1.53 bits per heavy atom. The van der Waals surface area contributed by atoms with Crippen molar-refractivity contribution < 1.29 is 9.59 Å². The maximum Gasteiger partial charge on any atom is 0.225 e. The minimum atomic E-state index is -0.251. The average Bonchev–Trinajstić information content (AvgIpc) is 3.27. The number of amides is 2. The molecule has 2 N–H and O–H groups in total. The topological polar surface area (TPSA) is 110 Å². The molecule has 0 bridgehead atoms. The summed E-state index contributed by atoms with van der Waals surface area (Å²) < 4.78 is 1.78. The molecule has 5 rings (SSSR count). The van der Waals surface area contributed by atoms with E-state index in [-0.39, 0.29) is 23.7 Å². The van der Waals surface area contributed by atoms with E-state index < -0.39 is 0 Å². The van der Waals surface area contributed by atoms with Gasteiger partial charge in [-0.15, -0.1) is 15.3 Å². The number of rotatable bonds is 4. The van der Waals surface area contributed by atoms with Crippen LogP contribution in [-0.4, -0.2) is 62.7 Å². The van der Waals surface area contributed by atoms with E-state index in [1.807, 2.05) is 47.4 Å². The summed E-state index contributed by atoms with van der Waals surface area (Å²) in [6.45, 7) is 2.80. The number of piperidine rings is 2. The van der Waals surface area contributed by atoms with E-state index in [1.54, 1.807) is 4.52 Å². The second-order valence-electron chi connectivity index (χ2n) is 8.61. The molecule has 4 heterocycles. The number of carbonyl (C=O) groups excluding carboxylic acids is 2. The molecule has 9 nitrogen and oxygen atoms in total. The molecule has 0 saturated carbocycles. The molecule has 0 spiro atoms. The van der Waals surface area contributed by atoms with Crippen LogP contribution in [0.4, 0.5) is 5.82 Å². The maximum absolute atomic E-state index is 13.0. The van der Waals surface area contributed by atoms with Gasteiger partial charge >= 0.3 is 0 Å². The van der Waals surface area contributed by atoms with E-state index in [0.717, 1.165) is 37.3 Å². The molecule has 3 aromatic rings. The highest BCUT2D eigenvalue weighted by Gasteiger charge is 2.32. The van der Waals surface area contributed by atoms with E-state index >= 15 is 0 Å². The SMILES string of the molecule is NC(=O)C1CCN(C(=O)C2CCN(c3ccc4nnc(-c5ccccc5)n4n3)CC2)CC1. The number of hydrogen-bond donors (Lipinski definition) is 1. The highest BCUT2D eigenvalue weighted by molar-refractivity contribution is 5.80. The minimum Gasteiger partial charge on any atom is -0.369 e. The van der Waals surface area contributed by atoms with Crippen LogP contribution in [0.2, 0.25) is 0 Å². The fourth-order valence-corrected chi connectivity index (χ4v) is 4.71. The number of nitrogens with zero attached hydrogens (tertiary/aromatic N) is 6.